The predicted molar refractivity (Wildman–Crippen MR) is 115 cm³/mol. The van der Waals surface area contributed by atoms with Crippen LogP contribution in [0.25, 0.3) is 0 Å². The highest BCUT2D eigenvalue weighted by Gasteiger charge is 2.28. The van der Waals surface area contributed by atoms with Gasteiger partial charge in [0.15, 0.2) is 0 Å². The largest absolute Gasteiger partial charge is 0.467 e. The summed E-state index contributed by atoms with van der Waals surface area (Å²) in [5.74, 6) is 0.909. The summed E-state index contributed by atoms with van der Waals surface area (Å²) in [6, 6.07) is 11.0. The molecule has 0 spiro atoms. The number of hydrogen-bond donors (Lipinski definition) is 2. The van der Waals surface area contributed by atoms with E-state index < -0.39 is 0 Å². The lowest BCUT2D eigenvalue weighted by atomic mass is 9.88. The molecule has 0 radical (unpaired) electrons. The van der Waals surface area contributed by atoms with Gasteiger partial charge >= 0.3 is 0 Å². The van der Waals surface area contributed by atoms with Gasteiger partial charge in [-0.2, -0.15) is 0 Å². The van der Waals surface area contributed by atoms with E-state index in [1.807, 2.05) is 25.1 Å². The second-order valence-corrected chi connectivity index (χ2v) is 8.74. The van der Waals surface area contributed by atoms with Crippen LogP contribution in [0.2, 0.25) is 0 Å². The molecule has 0 unspecified atom stereocenters. The zero-order chi connectivity index (χ0) is 20.4. The number of furan rings is 1. The van der Waals surface area contributed by atoms with Crippen LogP contribution in [0.5, 0.6) is 0 Å². The van der Waals surface area contributed by atoms with Gasteiger partial charge < -0.3 is 15.1 Å². The molecule has 5 nitrogen and oxygen atoms in total. The van der Waals surface area contributed by atoms with E-state index in [-0.39, 0.29) is 11.8 Å². The number of carbonyl (C=O) groups is 2. The summed E-state index contributed by atoms with van der Waals surface area (Å²) in [5.41, 5.74) is 3.35. The van der Waals surface area contributed by atoms with Crippen LogP contribution in [0, 0.1) is 12.8 Å². The molecule has 150 valence electrons. The van der Waals surface area contributed by atoms with Crippen molar-refractivity contribution in [3.63, 3.8) is 0 Å². The summed E-state index contributed by atoms with van der Waals surface area (Å²) < 4.78 is 5.31. The average molecular weight is 409 g/mol. The third-order valence-corrected chi connectivity index (χ3v) is 6.45. The van der Waals surface area contributed by atoms with Gasteiger partial charge in [-0.25, -0.2) is 0 Å². The second-order valence-electron chi connectivity index (χ2n) is 7.64. The summed E-state index contributed by atoms with van der Waals surface area (Å²) in [4.78, 5) is 27.0. The van der Waals surface area contributed by atoms with Crippen molar-refractivity contribution >= 4 is 28.2 Å². The fraction of sp³-hybridized carbons (Fsp3) is 0.304. The van der Waals surface area contributed by atoms with Crippen LogP contribution in [-0.4, -0.2) is 11.8 Å². The Morgan fingerprint density at radius 2 is 1.97 bits per heavy atom. The van der Waals surface area contributed by atoms with Gasteiger partial charge in [0.05, 0.1) is 18.4 Å². The van der Waals surface area contributed by atoms with E-state index in [1.54, 1.807) is 24.5 Å². The third kappa shape index (κ3) is 4.27. The Morgan fingerprint density at radius 3 is 2.69 bits per heavy atom. The molecule has 4 rings (SSSR count). The Labute approximate surface area is 174 Å². The lowest BCUT2D eigenvalue weighted by Gasteiger charge is -2.18. The van der Waals surface area contributed by atoms with Crippen LogP contribution in [0.4, 0.5) is 5.00 Å². The van der Waals surface area contributed by atoms with Crippen LogP contribution >= 0.6 is 11.3 Å². The van der Waals surface area contributed by atoms with E-state index >= 15 is 0 Å². The van der Waals surface area contributed by atoms with Crippen LogP contribution in [0.3, 0.4) is 0 Å². The molecular weight excluding hydrogens is 384 g/mol. The van der Waals surface area contributed by atoms with E-state index in [4.69, 9.17) is 4.42 Å². The summed E-state index contributed by atoms with van der Waals surface area (Å²) in [6.07, 6.45) is 4.44. The number of benzene rings is 1. The molecule has 29 heavy (non-hydrogen) atoms. The molecule has 3 aromatic rings. The van der Waals surface area contributed by atoms with Gasteiger partial charge in [0.1, 0.15) is 10.8 Å². The summed E-state index contributed by atoms with van der Waals surface area (Å²) in [6.45, 7) is 4.53. The maximum atomic E-state index is 13.0. The smallest absolute Gasteiger partial charge is 0.256 e. The highest BCUT2D eigenvalue weighted by Crippen LogP contribution is 2.39. The normalized spacial score (nSPS) is 15.6. The quantitative estimate of drug-likeness (QED) is 0.627. The molecule has 1 atom stereocenters. The molecule has 0 bridgehead atoms. The van der Waals surface area contributed by atoms with E-state index in [1.165, 1.54) is 16.2 Å². The van der Waals surface area contributed by atoms with Crippen molar-refractivity contribution in [3.05, 3.63) is 75.6 Å². The van der Waals surface area contributed by atoms with Crippen LogP contribution in [-0.2, 0) is 19.4 Å². The first-order valence-corrected chi connectivity index (χ1v) is 10.7. The van der Waals surface area contributed by atoms with Crippen LogP contribution in [0.15, 0.2) is 47.1 Å². The molecule has 0 saturated carbocycles. The zero-order valence-corrected chi connectivity index (χ0v) is 17.4. The van der Waals surface area contributed by atoms with E-state index in [0.717, 1.165) is 30.4 Å². The number of fused-ring (bicyclic) bond motifs is 1. The van der Waals surface area contributed by atoms with E-state index in [9.17, 15) is 9.59 Å². The Kier molecular flexibility index (Phi) is 5.53. The topological polar surface area (TPSA) is 71.3 Å². The lowest BCUT2D eigenvalue weighted by molar-refractivity contribution is 0.0948. The molecule has 1 aliphatic carbocycles. The second kappa shape index (κ2) is 8.25. The van der Waals surface area contributed by atoms with E-state index in [2.05, 4.69) is 17.6 Å². The van der Waals surface area contributed by atoms with Gasteiger partial charge in [0, 0.05) is 10.4 Å². The van der Waals surface area contributed by atoms with Crippen LogP contribution < -0.4 is 10.6 Å². The van der Waals surface area contributed by atoms with Crippen molar-refractivity contribution in [3.8, 4) is 0 Å². The lowest BCUT2D eigenvalue weighted by Crippen LogP contribution is -2.25. The SMILES string of the molecule is Cc1ccc(C(=O)Nc2sc3c(c2C(=O)NCc2ccco2)CC[C@@H](C)C3)cc1. The van der Waals surface area contributed by atoms with E-state index in [0.29, 0.717) is 34.4 Å². The maximum absolute atomic E-state index is 13.0. The first kappa shape index (κ1) is 19.5. The molecule has 0 aliphatic heterocycles. The number of anilines is 1. The summed E-state index contributed by atoms with van der Waals surface area (Å²) >= 11 is 1.53. The number of hydrogen-bond acceptors (Lipinski definition) is 4. The number of carbonyl (C=O) groups excluding carboxylic acids is 2. The molecule has 2 amide bonds. The standard InChI is InChI=1S/C23H24N2O3S/c1-14-5-8-16(9-6-14)21(26)25-23-20(18-10-7-15(2)12-19(18)29-23)22(27)24-13-17-4-3-11-28-17/h3-6,8-9,11,15H,7,10,12-13H2,1-2H3,(H,24,27)(H,25,26)/t15-/m1/s1. The van der Waals surface area contributed by atoms with Crippen molar-refractivity contribution in [2.45, 2.75) is 39.7 Å². The van der Waals surface area contributed by atoms with Gasteiger partial charge in [-0.1, -0.05) is 24.6 Å². The molecule has 0 saturated heterocycles. The van der Waals surface area contributed by atoms with Crippen LogP contribution in [0.1, 0.15) is 55.8 Å². The Morgan fingerprint density at radius 1 is 1.17 bits per heavy atom. The Hall–Kier alpha value is -2.86. The monoisotopic (exact) mass is 408 g/mol. The Bertz CT molecular complexity index is 1020. The highest BCUT2D eigenvalue weighted by molar-refractivity contribution is 7.17. The first-order valence-electron chi connectivity index (χ1n) is 9.84. The number of rotatable bonds is 5. The van der Waals surface area contributed by atoms with Gasteiger partial charge in [0.25, 0.3) is 11.8 Å². The number of aryl methyl sites for hydroxylation is 1. The fourth-order valence-electron chi connectivity index (χ4n) is 3.63. The van der Waals surface area contributed by atoms with Gasteiger partial charge in [0.2, 0.25) is 0 Å². The minimum absolute atomic E-state index is 0.173. The molecule has 1 aliphatic rings. The molecule has 2 aromatic heterocycles. The summed E-state index contributed by atoms with van der Waals surface area (Å²) in [5, 5.41) is 6.55. The number of thiophene rings is 1. The molecule has 2 N–H and O–H groups in total. The summed E-state index contributed by atoms with van der Waals surface area (Å²) in [7, 11) is 0. The predicted octanol–water partition coefficient (Wildman–Crippen LogP) is 4.96. The average Bonchev–Trinajstić information content (AvgIpc) is 3.33. The zero-order valence-electron chi connectivity index (χ0n) is 16.6. The maximum Gasteiger partial charge on any atom is 0.256 e. The van der Waals surface area contributed by atoms with Crippen molar-refractivity contribution in [1.29, 1.82) is 0 Å². The first-order chi connectivity index (χ1) is 14.0. The van der Waals surface area contributed by atoms with Gasteiger partial charge in [-0.05, 0) is 61.9 Å². The molecule has 2 heterocycles. The molecule has 1 aromatic carbocycles. The van der Waals surface area contributed by atoms with Gasteiger partial charge in [-0.3, -0.25) is 9.59 Å². The molecule has 0 fully saturated rings. The fourth-order valence-corrected chi connectivity index (χ4v) is 5.03. The highest BCUT2D eigenvalue weighted by atomic mass is 32.1. The Balaban J connectivity index is 1.60. The minimum Gasteiger partial charge on any atom is -0.467 e. The molecule has 6 heteroatoms. The third-order valence-electron chi connectivity index (χ3n) is 5.28. The van der Waals surface area contributed by atoms with Crippen molar-refractivity contribution in [2.24, 2.45) is 5.92 Å². The minimum atomic E-state index is -0.197. The molecular formula is C23H24N2O3S. The van der Waals surface area contributed by atoms with Gasteiger partial charge in [-0.15, -0.1) is 11.3 Å². The van der Waals surface area contributed by atoms with Crippen molar-refractivity contribution < 1.29 is 14.0 Å². The van der Waals surface area contributed by atoms with Crippen molar-refractivity contribution in [2.75, 3.05) is 5.32 Å². The number of nitrogens with one attached hydrogen (secondary N) is 2. The number of amides is 2. The van der Waals surface area contributed by atoms with Crippen molar-refractivity contribution in [1.82, 2.24) is 5.32 Å².